The lowest BCUT2D eigenvalue weighted by molar-refractivity contribution is -0.147. The van der Waals surface area contributed by atoms with E-state index in [0.717, 1.165) is 5.57 Å². The van der Waals surface area contributed by atoms with Crippen LogP contribution in [0.2, 0.25) is 0 Å². The van der Waals surface area contributed by atoms with Gasteiger partial charge in [-0.05, 0) is 37.6 Å². The summed E-state index contributed by atoms with van der Waals surface area (Å²) in [5, 5.41) is 0. The third kappa shape index (κ3) is 6.79. The molecule has 0 unspecified atom stereocenters. The van der Waals surface area contributed by atoms with Crippen LogP contribution in [-0.4, -0.2) is 75.5 Å². The Morgan fingerprint density at radius 1 is 1.23 bits per heavy atom. The van der Waals surface area contributed by atoms with Gasteiger partial charge in [0.1, 0.15) is 0 Å². The largest absolute Gasteiger partial charge is 0.452 e. The summed E-state index contributed by atoms with van der Waals surface area (Å²) in [4.78, 5) is 25.7. The molecule has 2 rings (SSSR count). The van der Waals surface area contributed by atoms with Crippen LogP contribution in [0.5, 0.6) is 0 Å². The predicted molar refractivity (Wildman–Crippen MR) is 113 cm³/mol. The van der Waals surface area contributed by atoms with Crippen molar-refractivity contribution in [1.82, 2.24) is 9.21 Å². The summed E-state index contributed by atoms with van der Waals surface area (Å²) >= 11 is 0. The molecule has 0 atom stereocenters. The van der Waals surface area contributed by atoms with Gasteiger partial charge >= 0.3 is 5.97 Å². The molecule has 0 N–H and O–H groups in total. The number of sulfonamides is 1. The van der Waals surface area contributed by atoms with Gasteiger partial charge < -0.3 is 14.4 Å². The molecule has 30 heavy (non-hydrogen) atoms. The van der Waals surface area contributed by atoms with Crippen LogP contribution in [-0.2, 0) is 29.1 Å². The highest BCUT2D eigenvalue weighted by molar-refractivity contribution is 7.89. The summed E-state index contributed by atoms with van der Waals surface area (Å²) in [6.45, 7) is 9.43. The first kappa shape index (κ1) is 23.8. The predicted octanol–water partition coefficient (Wildman–Crippen LogP) is 1.69. The Balaban J connectivity index is 1.91. The van der Waals surface area contributed by atoms with Crippen molar-refractivity contribution in [3.63, 3.8) is 0 Å². The van der Waals surface area contributed by atoms with Crippen molar-refractivity contribution in [3.05, 3.63) is 48.1 Å². The number of hydrogen-bond acceptors (Lipinski definition) is 6. The minimum Gasteiger partial charge on any atom is -0.452 e. The number of amides is 1. The van der Waals surface area contributed by atoms with E-state index in [1.54, 1.807) is 17.0 Å². The molecule has 1 aromatic carbocycles. The van der Waals surface area contributed by atoms with E-state index >= 15 is 0 Å². The first-order valence-corrected chi connectivity index (χ1v) is 11.1. The zero-order chi connectivity index (χ0) is 22.1. The van der Waals surface area contributed by atoms with Gasteiger partial charge in [-0.25, -0.2) is 13.2 Å². The molecule has 1 saturated heterocycles. The maximum Gasteiger partial charge on any atom is 0.331 e. The Kier molecular flexibility index (Phi) is 8.76. The molecule has 1 fully saturated rings. The van der Waals surface area contributed by atoms with Gasteiger partial charge in [0, 0.05) is 32.3 Å². The van der Waals surface area contributed by atoms with E-state index in [9.17, 15) is 18.0 Å². The first-order chi connectivity index (χ1) is 14.2. The second-order valence-corrected chi connectivity index (χ2v) is 8.83. The lowest BCUT2D eigenvalue weighted by Crippen LogP contribution is -2.40. The number of rotatable bonds is 9. The highest BCUT2D eigenvalue weighted by Gasteiger charge is 2.25. The molecular formula is C21H28N2O6S. The second kappa shape index (κ2) is 11.1. The van der Waals surface area contributed by atoms with E-state index in [0.29, 0.717) is 45.0 Å². The van der Waals surface area contributed by atoms with Crippen LogP contribution in [0.1, 0.15) is 19.4 Å². The SMILES string of the molecule is C=C(C)CN(CC)C(=O)COC(=O)/C=C/c1ccc(S(=O)(=O)N2CCOCC2)cc1. The lowest BCUT2D eigenvalue weighted by atomic mass is 10.2. The number of esters is 1. The second-order valence-electron chi connectivity index (χ2n) is 6.89. The molecule has 164 valence electrons. The maximum absolute atomic E-state index is 12.6. The van der Waals surface area contributed by atoms with Crippen molar-refractivity contribution in [2.24, 2.45) is 0 Å². The van der Waals surface area contributed by atoms with E-state index in [-0.39, 0.29) is 17.4 Å². The smallest absolute Gasteiger partial charge is 0.331 e. The standard InChI is InChI=1S/C21H28N2O6S/c1-4-22(15-17(2)3)20(24)16-29-21(25)10-7-18-5-8-19(9-6-18)30(26,27)23-11-13-28-14-12-23/h5-10H,2,4,11-16H2,1,3H3/b10-7+. The van der Waals surface area contributed by atoms with Crippen LogP contribution >= 0.6 is 0 Å². The first-order valence-electron chi connectivity index (χ1n) is 9.69. The molecule has 1 amide bonds. The van der Waals surface area contributed by atoms with E-state index in [2.05, 4.69) is 6.58 Å². The molecule has 0 bridgehead atoms. The fraction of sp³-hybridized carbons (Fsp3) is 0.429. The van der Waals surface area contributed by atoms with Crippen molar-refractivity contribution >= 4 is 28.0 Å². The van der Waals surface area contributed by atoms with E-state index in [1.807, 2.05) is 13.8 Å². The number of hydrogen-bond donors (Lipinski definition) is 0. The Labute approximate surface area is 177 Å². The number of carbonyl (C=O) groups excluding carboxylic acids is 2. The third-order valence-corrected chi connectivity index (χ3v) is 6.35. The van der Waals surface area contributed by atoms with Crippen molar-refractivity contribution in [1.29, 1.82) is 0 Å². The van der Waals surface area contributed by atoms with Crippen LogP contribution in [0.4, 0.5) is 0 Å². The monoisotopic (exact) mass is 436 g/mol. The Hall–Kier alpha value is -2.49. The number of nitrogens with zero attached hydrogens (tertiary/aromatic N) is 2. The summed E-state index contributed by atoms with van der Waals surface area (Å²) in [6.07, 6.45) is 2.71. The molecule has 0 radical (unpaired) electrons. The fourth-order valence-electron chi connectivity index (χ4n) is 2.83. The van der Waals surface area contributed by atoms with Gasteiger partial charge in [-0.3, -0.25) is 4.79 Å². The summed E-state index contributed by atoms with van der Waals surface area (Å²) in [7, 11) is -3.56. The quantitative estimate of drug-likeness (QED) is 0.332. The highest BCUT2D eigenvalue weighted by atomic mass is 32.2. The van der Waals surface area contributed by atoms with E-state index in [4.69, 9.17) is 9.47 Å². The average molecular weight is 437 g/mol. The molecular weight excluding hydrogens is 408 g/mol. The van der Waals surface area contributed by atoms with Crippen molar-refractivity contribution in [2.75, 3.05) is 46.0 Å². The molecule has 0 spiro atoms. The Morgan fingerprint density at radius 2 is 1.87 bits per heavy atom. The minimum atomic E-state index is -3.56. The maximum atomic E-state index is 12.6. The molecule has 9 heteroatoms. The summed E-state index contributed by atoms with van der Waals surface area (Å²) in [6, 6.07) is 6.20. The topological polar surface area (TPSA) is 93.2 Å². The van der Waals surface area contributed by atoms with Crippen molar-refractivity contribution < 1.29 is 27.5 Å². The molecule has 0 aliphatic carbocycles. The molecule has 1 aliphatic rings. The number of likely N-dealkylation sites (N-methyl/N-ethyl adjacent to an activating group) is 1. The van der Waals surface area contributed by atoms with E-state index < -0.39 is 16.0 Å². The summed E-state index contributed by atoms with van der Waals surface area (Å²) < 4.78 is 36.8. The van der Waals surface area contributed by atoms with Crippen molar-refractivity contribution in [2.45, 2.75) is 18.7 Å². The van der Waals surface area contributed by atoms with Crippen molar-refractivity contribution in [3.8, 4) is 0 Å². The normalized spacial score (nSPS) is 15.1. The van der Waals surface area contributed by atoms with Gasteiger partial charge in [0.25, 0.3) is 5.91 Å². The van der Waals surface area contributed by atoms with Gasteiger partial charge in [0.15, 0.2) is 6.61 Å². The Morgan fingerprint density at radius 3 is 2.43 bits per heavy atom. The molecule has 1 aliphatic heterocycles. The molecule has 1 heterocycles. The van der Waals surface area contributed by atoms with Gasteiger partial charge in [0.2, 0.25) is 10.0 Å². The summed E-state index contributed by atoms with van der Waals surface area (Å²) in [5.74, 6) is -0.945. The van der Waals surface area contributed by atoms with Crippen LogP contribution in [0, 0.1) is 0 Å². The summed E-state index contributed by atoms with van der Waals surface area (Å²) in [5.41, 5.74) is 1.48. The highest BCUT2D eigenvalue weighted by Crippen LogP contribution is 2.18. The number of morpholine rings is 1. The minimum absolute atomic E-state index is 0.187. The fourth-order valence-corrected chi connectivity index (χ4v) is 4.23. The average Bonchev–Trinajstić information content (AvgIpc) is 2.75. The van der Waals surface area contributed by atoms with Gasteiger partial charge in [-0.2, -0.15) is 4.31 Å². The van der Waals surface area contributed by atoms with Crippen LogP contribution in [0.3, 0.4) is 0 Å². The lowest BCUT2D eigenvalue weighted by Gasteiger charge is -2.26. The number of ether oxygens (including phenoxy) is 2. The molecule has 1 aromatic rings. The Bertz CT molecular complexity index is 887. The van der Waals surface area contributed by atoms with Gasteiger partial charge in [0.05, 0.1) is 18.1 Å². The zero-order valence-electron chi connectivity index (χ0n) is 17.4. The zero-order valence-corrected chi connectivity index (χ0v) is 18.2. The van der Waals surface area contributed by atoms with Gasteiger partial charge in [-0.1, -0.05) is 24.3 Å². The third-order valence-electron chi connectivity index (χ3n) is 4.43. The number of carbonyl (C=O) groups is 2. The van der Waals surface area contributed by atoms with Gasteiger partial charge in [-0.15, -0.1) is 0 Å². The van der Waals surface area contributed by atoms with Crippen LogP contribution < -0.4 is 0 Å². The molecule has 0 aromatic heterocycles. The molecule has 8 nitrogen and oxygen atoms in total. The molecule has 0 saturated carbocycles. The number of benzene rings is 1. The van der Waals surface area contributed by atoms with Crippen LogP contribution in [0.15, 0.2) is 47.4 Å². The van der Waals surface area contributed by atoms with E-state index in [1.165, 1.54) is 28.6 Å². The van der Waals surface area contributed by atoms with Crippen LogP contribution in [0.25, 0.3) is 6.08 Å².